The fraction of sp³-hybridized carbons (Fsp3) is 0.130. The van der Waals surface area contributed by atoms with Crippen molar-refractivity contribution < 1.29 is 0 Å². The molecule has 0 amide bonds. The Bertz CT molecular complexity index is 863. The Morgan fingerprint density at radius 3 is 1.54 bits per heavy atom. The van der Waals surface area contributed by atoms with Gasteiger partial charge in [-0.2, -0.15) is 0 Å². The van der Waals surface area contributed by atoms with Gasteiger partial charge in [0.1, 0.15) is 4.08 Å². The van der Waals surface area contributed by atoms with Gasteiger partial charge in [0.25, 0.3) is 0 Å². The number of hydrogen-bond donors (Lipinski definition) is 0. The zero-order valence-electron chi connectivity index (χ0n) is 14.9. The van der Waals surface area contributed by atoms with Gasteiger partial charge >= 0.3 is 0 Å². The largest absolute Gasteiger partial charge is 0.372 e. The Balaban J connectivity index is 1.88. The maximum atomic E-state index is 2.24. The highest BCUT2D eigenvalue weighted by Gasteiger charge is 2.44. The highest BCUT2D eigenvalue weighted by molar-refractivity contribution is 8.27. The molecule has 1 aliphatic rings. The first-order valence-electron chi connectivity index (χ1n) is 8.67. The number of benzene rings is 3. The summed E-state index contributed by atoms with van der Waals surface area (Å²) >= 11 is 3.90. The van der Waals surface area contributed by atoms with E-state index < -0.39 is 0 Å². The van der Waals surface area contributed by atoms with E-state index in [1.54, 1.807) is 0 Å². The molecule has 1 heterocycles. The second-order valence-corrected chi connectivity index (χ2v) is 9.13. The van der Waals surface area contributed by atoms with Crippen LogP contribution in [0.4, 0.5) is 0 Å². The summed E-state index contributed by atoms with van der Waals surface area (Å²) in [6.45, 7) is 0. The fourth-order valence-corrected chi connectivity index (χ4v) is 6.57. The van der Waals surface area contributed by atoms with E-state index in [0.717, 1.165) is 0 Å². The minimum Gasteiger partial charge on any atom is -0.372 e. The second-order valence-electron chi connectivity index (χ2n) is 6.45. The van der Waals surface area contributed by atoms with Gasteiger partial charge in [-0.15, -0.1) is 0 Å². The molecule has 0 saturated heterocycles. The molecule has 3 aromatic rings. The molecule has 0 atom stereocenters. The van der Waals surface area contributed by atoms with E-state index in [1.807, 2.05) is 23.5 Å². The molecule has 0 spiro atoms. The van der Waals surface area contributed by atoms with Gasteiger partial charge in [-0.05, 0) is 16.7 Å². The molecule has 0 N–H and O–H groups in total. The van der Waals surface area contributed by atoms with E-state index in [-0.39, 0.29) is 4.08 Å². The van der Waals surface area contributed by atoms with Crippen LogP contribution >= 0.6 is 23.5 Å². The van der Waals surface area contributed by atoms with Crippen molar-refractivity contribution in [3.8, 4) is 0 Å². The molecular weight excluding hydrogens is 354 g/mol. The molecule has 0 radical (unpaired) electrons. The van der Waals surface area contributed by atoms with Gasteiger partial charge in [-0.25, -0.2) is 0 Å². The van der Waals surface area contributed by atoms with Gasteiger partial charge in [0.15, 0.2) is 0 Å². The summed E-state index contributed by atoms with van der Waals surface area (Å²) in [5.74, 6) is 0. The standard InChI is InChI=1S/C23H21NS2/c1-24(2)22-21(18-12-6-3-7-13-18)25-23(26-22,19-14-8-4-9-15-19)20-16-10-5-11-17-20/h3-17H,1-2H3. The van der Waals surface area contributed by atoms with Crippen molar-refractivity contribution in [1.29, 1.82) is 0 Å². The summed E-state index contributed by atoms with van der Waals surface area (Å²) in [6.07, 6.45) is 0. The van der Waals surface area contributed by atoms with Gasteiger partial charge in [-0.3, -0.25) is 0 Å². The number of hydrogen-bond acceptors (Lipinski definition) is 3. The molecule has 3 heteroatoms. The lowest BCUT2D eigenvalue weighted by Crippen LogP contribution is -2.18. The van der Waals surface area contributed by atoms with Gasteiger partial charge in [-0.1, -0.05) is 115 Å². The first-order chi connectivity index (χ1) is 12.7. The molecule has 0 bridgehead atoms. The lowest BCUT2D eigenvalue weighted by molar-refractivity contribution is 0.553. The molecule has 26 heavy (non-hydrogen) atoms. The lowest BCUT2D eigenvalue weighted by atomic mass is 10.0. The summed E-state index contributed by atoms with van der Waals surface area (Å²) in [5, 5.41) is 1.31. The highest BCUT2D eigenvalue weighted by Crippen LogP contribution is 2.66. The second kappa shape index (κ2) is 7.26. The monoisotopic (exact) mass is 375 g/mol. The highest BCUT2D eigenvalue weighted by atomic mass is 32.2. The molecular formula is C23H21NS2. The Morgan fingerprint density at radius 2 is 1.08 bits per heavy atom. The van der Waals surface area contributed by atoms with Gasteiger partial charge in [0.05, 0.1) is 5.03 Å². The molecule has 3 aromatic carbocycles. The molecule has 0 unspecified atom stereocenters. The third kappa shape index (κ3) is 3.06. The molecule has 1 nitrogen and oxygen atoms in total. The third-order valence-corrected chi connectivity index (χ3v) is 7.97. The average molecular weight is 376 g/mol. The third-order valence-electron chi connectivity index (χ3n) is 4.43. The molecule has 130 valence electrons. The fourth-order valence-electron chi connectivity index (χ4n) is 3.17. The van der Waals surface area contributed by atoms with E-state index in [9.17, 15) is 0 Å². The van der Waals surface area contributed by atoms with Crippen LogP contribution in [0.25, 0.3) is 4.91 Å². The Kier molecular flexibility index (Phi) is 4.84. The molecule has 0 aromatic heterocycles. The van der Waals surface area contributed by atoms with Crippen LogP contribution in [0.5, 0.6) is 0 Å². The van der Waals surface area contributed by atoms with Crippen LogP contribution in [0.2, 0.25) is 0 Å². The molecule has 1 aliphatic heterocycles. The minimum atomic E-state index is -0.173. The molecule has 0 fully saturated rings. The molecule has 0 aliphatic carbocycles. The van der Waals surface area contributed by atoms with E-state index >= 15 is 0 Å². The zero-order chi connectivity index (χ0) is 18.0. The molecule has 0 saturated carbocycles. The predicted molar refractivity (Wildman–Crippen MR) is 116 cm³/mol. The van der Waals surface area contributed by atoms with Crippen molar-refractivity contribution in [2.24, 2.45) is 0 Å². The molecule has 4 rings (SSSR count). The summed E-state index contributed by atoms with van der Waals surface area (Å²) in [7, 11) is 4.27. The number of rotatable bonds is 4. The number of thioether (sulfide) groups is 2. The van der Waals surface area contributed by atoms with Crippen LogP contribution in [-0.4, -0.2) is 19.0 Å². The van der Waals surface area contributed by atoms with Gasteiger partial charge in [0.2, 0.25) is 0 Å². The van der Waals surface area contributed by atoms with E-state index in [1.165, 1.54) is 26.6 Å². The van der Waals surface area contributed by atoms with Crippen LogP contribution in [0.1, 0.15) is 16.7 Å². The quantitative estimate of drug-likeness (QED) is 0.530. The van der Waals surface area contributed by atoms with Gasteiger partial charge < -0.3 is 4.90 Å². The van der Waals surface area contributed by atoms with Crippen molar-refractivity contribution in [2.75, 3.05) is 14.1 Å². The van der Waals surface area contributed by atoms with Crippen LogP contribution in [0.3, 0.4) is 0 Å². The van der Waals surface area contributed by atoms with Crippen LogP contribution < -0.4 is 0 Å². The maximum Gasteiger partial charge on any atom is 0.122 e. The van der Waals surface area contributed by atoms with E-state index in [4.69, 9.17) is 0 Å². The Hall–Kier alpha value is -2.10. The van der Waals surface area contributed by atoms with Crippen molar-refractivity contribution in [1.82, 2.24) is 4.90 Å². The lowest BCUT2D eigenvalue weighted by Gasteiger charge is -2.30. The average Bonchev–Trinajstić information content (AvgIpc) is 3.13. The van der Waals surface area contributed by atoms with E-state index in [0.29, 0.717) is 0 Å². The van der Waals surface area contributed by atoms with Gasteiger partial charge in [0, 0.05) is 19.0 Å². The topological polar surface area (TPSA) is 3.24 Å². The minimum absolute atomic E-state index is 0.173. The van der Waals surface area contributed by atoms with Crippen LogP contribution in [-0.2, 0) is 4.08 Å². The Morgan fingerprint density at radius 1 is 0.615 bits per heavy atom. The Labute approximate surface area is 164 Å². The zero-order valence-corrected chi connectivity index (χ0v) is 16.6. The summed E-state index contributed by atoms with van der Waals surface area (Å²) in [6, 6.07) is 32.4. The first-order valence-corrected chi connectivity index (χ1v) is 10.3. The summed E-state index contributed by atoms with van der Waals surface area (Å²) < 4.78 is -0.173. The summed E-state index contributed by atoms with van der Waals surface area (Å²) in [5.41, 5.74) is 3.93. The van der Waals surface area contributed by atoms with Crippen molar-refractivity contribution in [2.45, 2.75) is 4.08 Å². The number of nitrogens with zero attached hydrogens (tertiary/aromatic N) is 1. The normalized spacial score (nSPS) is 15.9. The smallest absolute Gasteiger partial charge is 0.122 e. The summed E-state index contributed by atoms with van der Waals surface area (Å²) in [4.78, 5) is 3.58. The van der Waals surface area contributed by atoms with Crippen LogP contribution in [0, 0.1) is 0 Å². The van der Waals surface area contributed by atoms with E-state index in [2.05, 4.69) is 110 Å². The SMILES string of the molecule is CN(C)C1=C(c2ccccc2)SC(c2ccccc2)(c2ccccc2)S1. The first kappa shape index (κ1) is 17.3. The van der Waals surface area contributed by atoms with Crippen molar-refractivity contribution in [3.63, 3.8) is 0 Å². The van der Waals surface area contributed by atoms with Crippen molar-refractivity contribution in [3.05, 3.63) is 113 Å². The maximum absolute atomic E-state index is 2.24. The van der Waals surface area contributed by atoms with Crippen LogP contribution in [0.15, 0.2) is 96.0 Å². The predicted octanol–water partition coefficient (Wildman–Crippen LogP) is 6.26. The van der Waals surface area contributed by atoms with Crippen molar-refractivity contribution >= 4 is 28.4 Å².